The molecule has 0 aromatic heterocycles. The summed E-state index contributed by atoms with van der Waals surface area (Å²) < 4.78 is 16.5. The van der Waals surface area contributed by atoms with Gasteiger partial charge in [0.15, 0.2) is 0 Å². The average Bonchev–Trinajstić information content (AvgIpc) is 2.88. The Kier molecular flexibility index (Phi) is 10.2. The van der Waals surface area contributed by atoms with Gasteiger partial charge in [-0.2, -0.15) is 0 Å². The second-order valence-corrected chi connectivity index (χ2v) is 8.77. The molecule has 0 aliphatic carbocycles. The minimum absolute atomic E-state index is 0.0969. The van der Waals surface area contributed by atoms with E-state index in [9.17, 15) is 4.79 Å². The second-order valence-electron chi connectivity index (χ2n) is 8.77. The fourth-order valence-corrected chi connectivity index (χ4v) is 4.44. The second kappa shape index (κ2) is 13.4. The lowest BCUT2D eigenvalue weighted by Crippen LogP contribution is -2.46. The highest BCUT2D eigenvalue weighted by atomic mass is 16.5. The van der Waals surface area contributed by atoms with E-state index in [1.807, 2.05) is 37.3 Å². The first-order chi connectivity index (χ1) is 16.6. The Bertz CT molecular complexity index is 892. The molecule has 1 saturated heterocycles. The summed E-state index contributed by atoms with van der Waals surface area (Å²) in [7, 11) is 1.70. The molecule has 6 heteroatoms. The Hall–Kier alpha value is -2.57. The van der Waals surface area contributed by atoms with Crippen LogP contribution in [0.1, 0.15) is 61.2 Å². The molecular weight excluding hydrogens is 428 g/mol. The molecule has 2 aromatic carbocycles. The summed E-state index contributed by atoms with van der Waals surface area (Å²) in [6.07, 6.45) is 3.16. The quantitative estimate of drug-likeness (QED) is 0.526. The lowest BCUT2D eigenvalue weighted by Gasteiger charge is -2.37. The van der Waals surface area contributed by atoms with E-state index < -0.39 is 0 Å². The zero-order valence-corrected chi connectivity index (χ0v) is 21.2. The molecule has 4 rings (SSSR count). The van der Waals surface area contributed by atoms with Gasteiger partial charge in [-0.05, 0) is 67.3 Å². The summed E-state index contributed by atoms with van der Waals surface area (Å²) >= 11 is 0. The molecule has 0 saturated carbocycles. The standard InChI is InChI=1S/C25H32N2O4.C3H8/c1-3-30-25(28)20-4-9-23-19(18-20)11-17-31-24(23)10-12-26-13-15-27(16-14-26)21-5-7-22(29-2)8-6-21;1-3-2/h4-9,18,24H,3,10-17H2,1-2H3;3H2,1-2H3. The van der Waals surface area contributed by atoms with E-state index in [2.05, 4.69) is 35.8 Å². The van der Waals surface area contributed by atoms with Gasteiger partial charge in [-0.25, -0.2) is 4.79 Å². The van der Waals surface area contributed by atoms with Crippen LogP contribution in [0, 0.1) is 0 Å². The Morgan fingerprint density at radius 1 is 1.03 bits per heavy atom. The van der Waals surface area contributed by atoms with Crippen molar-refractivity contribution in [2.24, 2.45) is 0 Å². The zero-order chi connectivity index (χ0) is 24.3. The van der Waals surface area contributed by atoms with Crippen molar-refractivity contribution < 1.29 is 19.0 Å². The van der Waals surface area contributed by atoms with Gasteiger partial charge in [0.05, 0.1) is 32.0 Å². The van der Waals surface area contributed by atoms with Crippen molar-refractivity contribution in [2.75, 3.05) is 57.9 Å². The zero-order valence-electron chi connectivity index (χ0n) is 21.2. The monoisotopic (exact) mass is 468 g/mol. The van der Waals surface area contributed by atoms with Gasteiger partial charge in [0.1, 0.15) is 5.75 Å². The number of anilines is 1. The Balaban J connectivity index is 0.00000103. The van der Waals surface area contributed by atoms with Crippen LogP contribution in [0.15, 0.2) is 42.5 Å². The third-order valence-electron chi connectivity index (χ3n) is 6.21. The molecule has 0 radical (unpaired) electrons. The molecule has 0 bridgehead atoms. The lowest BCUT2D eigenvalue weighted by molar-refractivity contribution is 0.0287. The van der Waals surface area contributed by atoms with Gasteiger partial charge < -0.3 is 19.1 Å². The Morgan fingerprint density at radius 3 is 2.38 bits per heavy atom. The van der Waals surface area contributed by atoms with Gasteiger partial charge in [0.25, 0.3) is 0 Å². The van der Waals surface area contributed by atoms with E-state index in [-0.39, 0.29) is 12.1 Å². The number of benzene rings is 2. The molecule has 2 aromatic rings. The number of ether oxygens (including phenoxy) is 3. The smallest absolute Gasteiger partial charge is 0.338 e. The number of rotatable bonds is 7. The van der Waals surface area contributed by atoms with Crippen molar-refractivity contribution in [3.8, 4) is 5.75 Å². The van der Waals surface area contributed by atoms with E-state index in [1.165, 1.54) is 23.2 Å². The maximum atomic E-state index is 12.0. The molecule has 2 aliphatic heterocycles. The minimum Gasteiger partial charge on any atom is -0.497 e. The van der Waals surface area contributed by atoms with Crippen molar-refractivity contribution in [2.45, 2.75) is 46.1 Å². The number of esters is 1. The summed E-state index contributed by atoms with van der Waals surface area (Å²) in [6.45, 7) is 12.3. The van der Waals surface area contributed by atoms with Crippen molar-refractivity contribution in [1.82, 2.24) is 4.90 Å². The highest BCUT2D eigenvalue weighted by Gasteiger charge is 2.24. The fraction of sp³-hybridized carbons (Fsp3) is 0.536. The topological polar surface area (TPSA) is 51.2 Å². The van der Waals surface area contributed by atoms with Crippen LogP contribution in [0.4, 0.5) is 5.69 Å². The third-order valence-corrected chi connectivity index (χ3v) is 6.21. The molecule has 186 valence electrons. The number of hydrogen-bond donors (Lipinski definition) is 0. The molecule has 0 amide bonds. The summed E-state index contributed by atoms with van der Waals surface area (Å²) in [4.78, 5) is 17.0. The molecule has 2 heterocycles. The minimum atomic E-state index is -0.247. The first-order valence-electron chi connectivity index (χ1n) is 12.6. The van der Waals surface area contributed by atoms with Crippen LogP contribution < -0.4 is 9.64 Å². The van der Waals surface area contributed by atoms with Crippen LogP contribution >= 0.6 is 0 Å². The maximum absolute atomic E-state index is 12.0. The number of fused-ring (bicyclic) bond motifs is 1. The van der Waals surface area contributed by atoms with Gasteiger partial charge in [-0.1, -0.05) is 26.3 Å². The molecule has 0 N–H and O–H groups in total. The number of hydrogen-bond acceptors (Lipinski definition) is 6. The Morgan fingerprint density at radius 2 is 1.74 bits per heavy atom. The number of methoxy groups -OCH3 is 1. The predicted octanol–water partition coefficient (Wildman–Crippen LogP) is 5.11. The molecule has 1 atom stereocenters. The van der Waals surface area contributed by atoms with Crippen LogP contribution in [0.25, 0.3) is 0 Å². The molecule has 6 nitrogen and oxygen atoms in total. The first kappa shape index (κ1) is 26.0. The van der Waals surface area contributed by atoms with Crippen LogP contribution in [0.3, 0.4) is 0 Å². The van der Waals surface area contributed by atoms with Gasteiger partial charge in [0.2, 0.25) is 0 Å². The highest BCUT2D eigenvalue weighted by Crippen LogP contribution is 2.31. The largest absolute Gasteiger partial charge is 0.497 e. The van der Waals surface area contributed by atoms with Crippen LogP contribution in [0.5, 0.6) is 5.75 Å². The van der Waals surface area contributed by atoms with E-state index in [4.69, 9.17) is 14.2 Å². The fourth-order valence-electron chi connectivity index (χ4n) is 4.44. The van der Waals surface area contributed by atoms with Gasteiger partial charge in [-0.3, -0.25) is 4.90 Å². The van der Waals surface area contributed by atoms with E-state index in [1.54, 1.807) is 7.11 Å². The van der Waals surface area contributed by atoms with Gasteiger partial charge >= 0.3 is 5.97 Å². The highest BCUT2D eigenvalue weighted by molar-refractivity contribution is 5.89. The predicted molar refractivity (Wildman–Crippen MR) is 137 cm³/mol. The van der Waals surface area contributed by atoms with Crippen molar-refractivity contribution in [3.05, 3.63) is 59.2 Å². The van der Waals surface area contributed by atoms with Gasteiger partial charge in [-0.15, -0.1) is 0 Å². The van der Waals surface area contributed by atoms with Crippen LogP contribution in [-0.2, 0) is 15.9 Å². The maximum Gasteiger partial charge on any atom is 0.338 e. The number of nitrogens with zero attached hydrogens (tertiary/aromatic N) is 2. The average molecular weight is 469 g/mol. The summed E-state index contributed by atoms with van der Waals surface area (Å²) in [5.41, 5.74) is 4.32. The molecule has 1 unspecified atom stereocenters. The normalized spacial score (nSPS) is 17.9. The van der Waals surface area contributed by atoms with E-state index in [0.717, 1.165) is 51.3 Å². The molecule has 34 heavy (non-hydrogen) atoms. The molecular formula is C28H40N2O4. The number of piperazine rings is 1. The first-order valence-corrected chi connectivity index (χ1v) is 12.6. The number of carbonyl (C=O) groups excluding carboxylic acids is 1. The van der Waals surface area contributed by atoms with Crippen molar-refractivity contribution in [3.63, 3.8) is 0 Å². The van der Waals surface area contributed by atoms with Crippen molar-refractivity contribution in [1.29, 1.82) is 0 Å². The number of carbonyl (C=O) groups is 1. The molecule has 0 spiro atoms. The summed E-state index contributed by atoms with van der Waals surface area (Å²) in [5, 5.41) is 0. The third kappa shape index (κ3) is 6.97. The van der Waals surface area contributed by atoms with Crippen molar-refractivity contribution >= 4 is 11.7 Å². The summed E-state index contributed by atoms with van der Waals surface area (Å²) in [6, 6.07) is 14.2. The van der Waals surface area contributed by atoms with Crippen LogP contribution in [0.2, 0.25) is 0 Å². The summed E-state index contributed by atoms with van der Waals surface area (Å²) in [5.74, 6) is 0.646. The molecule has 2 aliphatic rings. The van der Waals surface area contributed by atoms with Gasteiger partial charge in [0, 0.05) is 38.4 Å². The van der Waals surface area contributed by atoms with E-state index in [0.29, 0.717) is 18.8 Å². The molecule has 1 fully saturated rings. The van der Waals surface area contributed by atoms with Crippen LogP contribution in [-0.4, -0.2) is 63.9 Å². The Labute approximate surface area is 204 Å². The lowest BCUT2D eigenvalue weighted by atomic mass is 9.93. The SMILES string of the molecule is CCC.CCOC(=O)c1ccc2c(c1)CCOC2CCN1CCN(c2ccc(OC)cc2)CC1. The van der Waals surface area contributed by atoms with E-state index >= 15 is 0 Å².